The van der Waals surface area contributed by atoms with Crippen molar-refractivity contribution in [3.8, 4) is 0 Å². The maximum Gasteiger partial charge on any atom is 0.190 e. The summed E-state index contributed by atoms with van der Waals surface area (Å²) in [5, 5.41) is 9.84. The Kier molecular flexibility index (Phi) is 2.39. The third kappa shape index (κ3) is 1.59. The highest BCUT2D eigenvalue weighted by atomic mass is 16.8. The van der Waals surface area contributed by atoms with Gasteiger partial charge < -0.3 is 19.3 Å². The fourth-order valence-electron chi connectivity index (χ4n) is 1.92. The molecule has 2 fully saturated rings. The van der Waals surface area contributed by atoms with Crippen molar-refractivity contribution in [2.45, 2.75) is 50.7 Å². The zero-order chi connectivity index (χ0) is 10.3. The second kappa shape index (κ2) is 3.31. The minimum atomic E-state index is -0.657. The molecule has 0 aliphatic carbocycles. The molecule has 0 aromatic rings. The van der Waals surface area contributed by atoms with Crippen molar-refractivity contribution in [1.82, 2.24) is 0 Å². The molecule has 0 aromatic heterocycles. The van der Waals surface area contributed by atoms with Gasteiger partial charge in [-0.15, -0.1) is 6.58 Å². The van der Waals surface area contributed by atoms with Crippen LogP contribution in [-0.4, -0.2) is 35.5 Å². The minimum absolute atomic E-state index is 0.251. The third-order valence-corrected chi connectivity index (χ3v) is 2.51. The van der Waals surface area contributed by atoms with E-state index < -0.39 is 18.2 Å². The number of rotatable bonds is 2. The lowest BCUT2D eigenvalue weighted by Gasteiger charge is -2.22. The SMILES string of the molecule is C=CC[C@H]1O[C@@H]2OC(C)(C)O[C@@H]2[C@H]1O. The van der Waals surface area contributed by atoms with Crippen LogP contribution in [0.1, 0.15) is 20.3 Å². The maximum absolute atomic E-state index is 9.84. The molecule has 2 heterocycles. The molecule has 1 N–H and O–H groups in total. The van der Waals surface area contributed by atoms with Crippen LogP contribution in [0.15, 0.2) is 12.7 Å². The number of hydrogen-bond donors (Lipinski definition) is 1. The van der Waals surface area contributed by atoms with Gasteiger partial charge in [-0.3, -0.25) is 0 Å². The predicted molar refractivity (Wildman–Crippen MR) is 49.5 cm³/mol. The van der Waals surface area contributed by atoms with Crippen LogP contribution in [-0.2, 0) is 14.2 Å². The summed E-state index contributed by atoms with van der Waals surface area (Å²) in [6.07, 6.45) is 0.653. The second-order valence-corrected chi connectivity index (χ2v) is 4.16. The molecule has 14 heavy (non-hydrogen) atoms. The van der Waals surface area contributed by atoms with Gasteiger partial charge in [0.05, 0.1) is 6.10 Å². The normalized spacial score (nSPS) is 45.1. The predicted octanol–water partition coefficient (Wildman–Crippen LogP) is 0.800. The van der Waals surface area contributed by atoms with Crippen LogP contribution < -0.4 is 0 Å². The van der Waals surface area contributed by atoms with Gasteiger partial charge >= 0.3 is 0 Å². The van der Waals surface area contributed by atoms with Gasteiger partial charge in [-0.25, -0.2) is 0 Å². The Hall–Kier alpha value is -0.420. The highest BCUT2D eigenvalue weighted by molar-refractivity contribution is 4.95. The standard InChI is InChI=1S/C10H16O4/c1-4-5-6-7(11)8-9(12-6)14-10(2,3)13-8/h4,6-9,11H,1,5H2,2-3H3/t6-,7+,8-,9-/m1/s1. The fourth-order valence-corrected chi connectivity index (χ4v) is 1.92. The van der Waals surface area contributed by atoms with Gasteiger partial charge in [0, 0.05) is 0 Å². The topological polar surface area (TPSA) is 47.9 Å². The van der Waals surface area contributed by atoms with Crippen molar-refractivity contribution in [2.75, 3.05) is 0 Å². The zero-order valence-electron chi connectivity index (χ0n) is 8.47. The van der Waals surface area contributed by atoms with Crippen molar-refractivity contribution in [2.24, 2.45) is 0 Å². The first-order valence-corrected chi connectivity index (χ1v) is 4.83. The largest absolute Gasteiger partial charge is 0.387 e. The molecule has 80 valence electrons. The van der Waals surface area contributed by atoms with E-state index in [2.05, 4.69) is 6.58 Å². The summed E-state index contributed by atoms with van der Waals surface area (Å²) < 4.78 is 16.5. The Bertz CT molecular complexity index is 238. The van der Waals surface area contributed by atoms with E-state index in [1.165, 1.54) is 0 Å². The molecule has 0 spiro atoms. The summed E-state index contributed by atoms with van der Waals surface area (Å²) in [6, 6.07) is 0. The Morgan fingerprint density at radius 2 is 2.14 bits per heavy atom. The number of aliphatic hydroxyl groups excluding tert-OH is 1. The molecule has 0 radical (unpaired) electrons. The second-order valence-electron chi connectivity index (χ2n) is 4.16. The van der Waals surface area contributed by atoms with Crippen LogP contribution in [0.4, 0.5) is 0 Å². The molecule has 2 rings (SSSR count). The molecular weight excluding hydrogens is 184 g/mol. The molecule has 2 saturated heterocycles. The molecule has 4 atom stereocenters. The number of fused-ring (bicyclic) bond motifs is 1. The van der Waals surface area contributed by atoms with Crippen LogP contribution in [0, 0.1) is 0 Å². The summed E-state index contributed by atoms with van der Waals surface area (Å²) >= 11 is 0. The van der Waals surface area contributed by atoms with E-state index >= 15 is 0 Å². The molecule has 2 aliphatic rings. The summed E-state index contributed by atoms with van der Waals surface area (Å²) in [5.41, 5.74) is 0. The average molecular weight is 200 g/mol. The minimum Gasteiger partial charge on any atom is -0.387 e. The van der Waals surface area contributed by atoms with Crippen LogP contribution in [0.25, 0.3) is 0 Å². The first-order valence-electron chi connectivity index (χ1n) is 4.83. The van der Waals surface area contributed by atoms with Crippen LogP contribution in [0.2, 0.25) is 0 Å². The zero-order valence-corrected chi connectivity index (χ0v) is 8.47. The van der Waals surface area contributed by atoms with Gasteiger partial charge in [0.1, 0.15) is 12.2 Å². The molecule has 0 aromatic carbocycles. The Morgan fingerprint density at radius 3 is 2.71 bits per heavy atom. The van der Waals surface area contributed by atoms with E-state index in [-0.39, 0.29) is 12.2 Å². The summed E-state index contributed by atoms with van der Waals surface area (Å²) in [7, 11) is 0. The Labute approximate surface area is 83.5 Å². The first kappa shape index (κ1) is 10.1. The van der Waals surface area contributed by atoms with Crippen molar-refractivity contribution in [1.29, 1.82) is 0 Å². The fraction of sp³-hybridized carbons (Fsp3) is 0.800. The van der Waals surface area contributed by atoms with E-state index in [0.29, 0.717) is 6.42 Å². The van der Waals surface area contributed by atoms with Crippen molar-refractivity contribution in [3.63, 3.8) is 0 Å². The number of ether oxygens (including phenoxy) is 3. The molecule has 0 unspecified atom stereocenters. The van der Waals surface area contributed by atoms with E-state index in [4.69, 9.17) is 14.2 Å². The molecule has 0 bridgehead atoms. The molecule has 2 aliphatic heterocycles. The lowest BCUT2D eigenvalue weighted by molar-refractivity contribution is -0.214. The molecule has 0 saturated carbocycles. The van der Waals surface area contributed by atoms with Crippen LogP contribution >= 0.6 is 0 Å². The van der Waals surface area contributed by atoms with Gasteiger partial charge in [0.2, 0.25) is 0 Å². The van der Waals surface area contributed by atoms with Gasteiger partial charge in [-0.05, 0) is 20.3 Å². The van der Waals surface area contributed by atoms with E-state index in [1.54, 1.807) is 6.08 Å². The van der Waals surface area contributed by atoms with E-state index in [9.17, 15) is 5.11 Å². The monoisotopic (exact) mass is 200 g/mol. The van der Waals surface area contributed by atoms with Crippen LogP contribution in [0.3, 0.4) is 0 Å². The molecular formula is C10H16O4. The average Bonchev–Trinajstić information content (AvgIpc) is 2.50. The smallest absolute Gasteiger partial charge is 0.190 e. The molecule has 0 amide bonds. The lowest BCUT2D eigenvalue weighted by Crippen LogP contribution is -2.34. The first-order chi connectivity index (χ1) is 6.53. The molecule has 4 heteroatoms. The Morgan fingerprint density at radius 1 is 1.43 bits per heavy atom. The number of aliphatic hydroxyl groups is 1. The lowest BCUT2D eigenvalue weighted by atomic mass is 10.1. The maximum atomic E-state index is 9.84. The van der Waals surface area contributed by atoms with Crippen LogP contribution in [0.5, 0.6) is 0 Å². The van der Waals surface area contributed by atoms with E-state index in [0.717, 1.165) is 0 Å². The third-order valence-electron chi connectivity index (χ3n) is 2.51. The highest BCUT2D eigenvalue weighted by Gasteiger charge is 2.53. The highest BCUT2D eigenvalue weighted by Crippen LogP contribution is 2.38. The summed E-state index contributed by atoms with van der Waals surface area (Å²) in [4.78, 5) is 0. The van der Waals surface area contributed by atoms with Crippen molar-refractivity contribution < 1.29 is 19.3 Å². The van der Waals surface area contributed by atoms with Crippen molar-refractivity contribution >= 4 is 0 Å². The van der Waals surface area contributed by atoms with Gasteiger partial charge in [-0.1, -0.05) is 6.08 Å². The quantitative estimate of drug-likeness (QED) is 0.670. The van der Waals surface area contributed by atoms with Gasteiger partial charge in [-0.2, -0.15) is 0 Å². The van der Waals surface area contributed by atoms with Crippen molar-refractivity contribution in [3.05, 3.63) is 12.7 Å². The van der Waals surface area contributed by atoms with E-state index in [1.807, 2.05) is 13.8 Å². The summed E-state index contributed by atoms with van der Waals surface area (Å²) in [5.74, 6) is -0.657. The number of hydrogen-bond acceptors (Lipinski definition) is 4. The Balaban J connectivity index is 2.04. The van der Waals surface area contributed by atoms with Gasteiger partial charge in [0.25, 0.3) is 0 Å². The van der Waals surface area contributed by atoms with Gasteiger partial charge in [0.15, 0.2) is 12.1 Å². The molecule has 4 nitrogen and oxygen atoms in total. The summed E-state index contributed by atoms with van der Waals surface area (Å²) in [6.45, 7) is 7.23.